The van der Waals surface area contributed by atoms with Crippen molar-refractivity contribution in [2.75, 3.05) is 13.1 Å². The van der Waals surface area contributed by atoms with Crippen LogP contribution in [0.2, 0.25) is 10.0 Å². The van der Waals surface area contributed by atoms with Crippen molar-refractivity contribution in [2.24, 2.45) is 0 Å². The van der Waals surface area contributed by atoms with Crippen molar-refractivity contribution in [3.05, 3.63) is 79.8 Å². The summed E-state index contributed by atoms with van der Waals surface area (Å²) >= 11 is 11.8. The molecule has 1 heterocycles. The summed E-state index contributed by atoms with van der Waals surface area (Å²) in [5, 5.41) is 11.8. The number of benzene rings is 2. The van der Waals surface area contributed by atoms with Gasteiger partial charge in [0, 0.05) is 48.9 Å². The minimum atomic E-state index is -0.537. The van der Waals surface area contributed by atoms with Gasteiger partial charge in [0.15, 0.2) is 0 Å². The molecule has 0 bridgehead atoms. The average molecular weight is 448 g/mol. The van der Waals surface area contributed by atoms with Crippen molar-refractivity contribution in [3.8, 4) is 0 Å². The van der Waals surface area contributed by atoms with Crippen molar-refractivity contribution in [3.63, 3.8) is 0 Å². The molecule has 1 aliphatic rings. The molecule has 0 aliphatic carbocycles. The fraction of sp³-hybridized carbons (Fsp3) is 0.318. The van der Waals surface area contributed by atoms with Crippen LogP contribution in [-0.4, -0.2) is 45.8 Å². The van der Waals surface area contributed by atoms with E-state index in [1.807, 2.05) is 36.1 Å². The van der Waals surface area contributed by atoms with Crippen LogP contribution in [0.4, 0.5) is 5.69 Å². The third-order valence-electron chi connectivity index (χ3n) is 5.28. The standard InChI is InChI=1S/C22H23Cl2N3O3/c1-15-13-26(16(2)12-25(15)14-18-3-7-19(23)8-4-18)22(28)10-6-17-5-9-20(24)21(11-17)27(29)30/h3-11,15-16H,12-14H2,1-2H3. The Morgan fingerprint density at radius 1 is 1.13 bits per heavy atom. The van der Waals surface area contributed by atoms with Gasteiger partial charge in [0.05, 0.1) is 4.92 Å². The number of rotatable bonds is 5. The van der Waals surface area contributed by atoms with Crippen molar-refractivity contribution in [1.82, 2.24) is 9.80 Å². The van der Waals surface area contributed by atoms with Gasteiger partial charge in [-0.05, 0) is 49.2 Å². The lowest BCUT2D eigenvalue weighted by atomic mass is 10.1. The Hall–Kier alpha value is -2.41. The molecule has 1 amide bonds. The van der Waals surface area contributed by atoms with E-state index in [1.54, 1.807) is 12.1 Å². The van der Waals surface area contributed by atoms with E-state index in [-0.39, 0.29) is 28.7 Å². The number of nitrogens with zero attached hydrogens (tertiary/aromatic N) is 3. The molecule has 2 unspecified atom stereocenters. The maximum absolute atomic E-state index is 12.8. The Bertz CT molecular complexity index is 963. The van der Waals surface area contributed by atoms with Crippen LogP contribution in [0.3, 0.4) is 0 Å². The van der Waals surface area contributed by atoms with Gasteiger partial charge in [-0.3, -0.25) is 19.8 Å². The fourth-order valence-electron chi connectivity index (χ4n) is 3.59. The third kappa shape index (κ3) is 5.39. The highest BCUT2D eigenvalue weighted by molar-refractivity contribution is 6.32. The van der Waals surface area contributed by atoms with E-state index in [4.69, 9.17) is 23.2 Å². The topological polar surface area (TPSA) is 66.7 Å². The SMILES string of the molecule is CC1CN(C(=O)C=Cc2ccc(Cl)c([N+](=O)[O-])c2)C(C)CN1Cc1ccc(Cl)cc1. The molecule has 30 heavy (non-hydrogen) atoms. The molecule has 1 saturated heterocycles. The van der Waals surface area contributed by atoms with Gasteiger partial charge in [0.1, 0.15) is 5.02 Å². The molecular formula is C22H23Cl2N3O3. The summed E-state index contributed by atoms with van der Waals surface area (Å²) in [7, 11) is 0. The summed E-state index contributed by atoms with van der Waals surface area (Å²) in [5.41, 5.74) is 1.56. The normalized spacial score (nSPS) is 19.9. The van der Waals surface area contributed by atoms with Crippen LogP contribution in [0.1, 0.15) is 25.0 Å². The summed E-state index contributed by atoms with van der Waals surface area (Å²) in [6.07, 6.45) is 3.05. The summed E-state index contributed by atoms with van der Waals surface area (Å²) in [6.45, 7) is 6.30. The van der Waals surface area contributed by atoms with E-state index in [1.165, 1.54) is 23.8 Å². The number of amides is 1. The highest BCUT2D eigenvalue weighted by atomic mass is 35.5. The highest BCUT2D eigenvalue weighted by Gasteiger charge is 2.31. The van der Waals surface area contributed by atoms with Gasteiger partial charge < -0.3 is 4.90 Å². The second kappa shape index (κ2) is 9.60. The minimum Gasteiger partial charge on any atom is -0.334 e. The van der Waals surface area contributed by atoms with Gasteiger partial charge in [-0.25, -0.2) is 0 Å². The Labute approximate surface area is 185 Å². The van der Waals surface area contributed by atoms with Gasteiger partial charge in [0.25, 0.3) is 5.69 Å². The third-order valence-corrected chi connectivity index (χ3v) is 5.85. The lowest BCUT2D eigenvalue weighted by molar-refractivity contribution is -0.384. The molecule has 2 aromatic rings. The van der Waals surface area contributed by atoms with Crippen LogP contribution in [0.5, 0.6) is 0 Å². The molecule has 0 aromatic heterocycles. The van der Waals surface area contributed by atoms with Gasteiger partial charge in [-0.2, -0.15) is 0 Å². The number of carbonyl (C=O) groups is 1. The van der Waals surface area contributed by atoms with Crippen molar-refractivity contribution >= 4 is 40.9 Å². The summed E-state index contributed by atoms with van der Waals surface area (Å²) in [5.74, 6) is -0.113. The van der Waals surface area contributed by atoms with Gasteiger partial charge in [-0.15, -0.1) is 0 Å². The summed E-state index contributed by atoms with van der Waals surface area (Å²) in [4.78, 5) is 27.4. The largest absolute Gasteiger partial charge is 0.334 e. The summed E-state index contributed by atoms with van der Waals surface area (Å²) in [6, 6.07) is 12.5. The van der Waals surface area contributed by atoms with E-state index >= 15 is 0 Å². The van der Waals surface area contributed by atoms with E-state index < -0.39 is 4.92 Å². The molecule has 3 rings (SSSR count). The van der Waals surface area contributed by atoms with Gasteiger partial charge in [-0.1, -0.05) is 41.4 Å². The first-order valence-electron chi connectivity index (χ1n) is 9.65. The molecule has 0 N–H and O–H groups in total. The first kappa shape index (κ1) is 22.3. The zero-order chi connectivity index (χ0) is 21.8. The fourth-order valence-corrected chi connectivity index (χ4v) is 3.90. The smallest absolute Gasteiger partial charge is 0.288 e. The molecule has 1 fully saturated rings. The molecule has 8 heteroatoms. The molecule has 0 radical (unpaired) electrons. The van der Waals surface area contributed by atoms with Gasteiger partial charge >= 0.3 is 0 Å². The molecule has 0 spiro atoms. The van der Waals surface area contributed by atoms with E-state index in [0.717, 1.165) is 13.1 Å². The number of nitro groups is 1. The van der Waals surface area contributed by atoms with Crippen LogP contribution >= 0.6 is 23.2 Å². The Morgan fingerprint density at radius 2 is 1.83 bits per heavy atom. The number of hydrogen-bond donors (Lipinski definition) is 0. The van der Waals surface area contributed by atoms with E-state index in [2.05, 4.69) is 11.8 Å². The molecule has 1 aliphatic heterocycles. The lowest BCUT2D eigenvalue weighted by Gasteiger charge is -2.44. The van der Waals surface area contributed by atoms with Crippen LogP contribution in [-0.2, 0) is 11.3 Å². The maximum Gasteiger partial charge on any atom is 0.288 e. The Kier molecular flexibility index (Phi) is 7.13. The molecule has 0 saturated carbocycles. The lowest BCUT2D eigenvalue weighted by Crippen LogP contribution is -2.57. The minimum absolute atomic E-state index is 0.0465. The van der Waals surface area contributed by atoms with E-state index in [0.29, 0.717) is 17.1 Å². The maximum atomic E-state index is 12.8. The monoisotopic (exact) mass is 447 g/mol. The predicted octanol–water partition coefficient (Wildman–Crippen LogP) is 5.04. The molecule has 158 valence electrons. The number of hydrogen-bond acceptors (Lipinski definition) is 4. The highest BCUT2D eigenvalue weighted by Crippen LogP contribution is 2.26. The zero-order valence-electron chi connectivity index (χ0n) is 16.8. The van der Waals surface area contributed by atoms with Crippen molar-refractivity contribution in [1.29, 1.82) is 0 Å². The number of piperazine rings is 1. The van der Waals surface area contributed by atoms with Crippen molar-refractivity contribution in [2.45, 2.75) is 32.5 Å². The van der Waals surface area contributed by atoms with Crippen LogP contribution in [0.15, 0.2) is 48.5 Å². The number of nitro benzene ring substituents is 1. The Morgan fingerprint density at radius 3 is 2.50 bits per heavy atom. The van der Waals surface area contributed by atoms with E-state index in [9.17, 15) is 14.9 Å². The zero-order valence-corrected chi connectivity index (χ0v) is 18.3. The number of carbonyl (C=O) groups excluding carboxylic acids is 1. The van der Waals surface area contributed by atoms with Crippen molar-refractivity contribution < 1.29 is 9.72 Å². The molecule has 2 atom stereocenters. The van der Waals surface area contributed by atoms with Gasteiger partial charge in [0.2, 0.25) is 5.91 Å². The second-order valence-electron chi connectivity index (χ2n) is 7.55. The molecular weight excluding hydrogens is 425 g/mol. The second-order valence-corrected chi connectivity index (χ2v) is 8.39. The quantitative estimate of drug-likeness (QED) is 0.365. The Balaban J connectivity index is 1.65. The first-order chi connectivity index (χ1) is 14.2. The first-order valence-corrected chi connectivity index (χ1v) is 10.4. The van der Waals surface area contributed by atoms with Crippen LogP contribution < -0.4 is 0 Å². The molecule has 2 aromatic carbocycles. The predicted molar refractivity (Wildman–Crippen MR) is 120 cm³/mol. The average Bonchev–Trinajstić information content (AvgIpc) is 2.71. The van der Waals surface area contributed by atoms with Crippen LogP contribution in [0, 0.1) is 10.1 Å². The summed E-state index contributed by atoms with van der Waals surface area (Å²) < 4.78 is 0. The molecule has 6 nitrogen and oxygen atoms in total. The number of halogens is 2. The van der Waals surface area contributed by atoms with Crippen LogP contribution in [0.25, 0.3) is 6.08 Å².